The number of anilines is 1. The number of hydrogen-bond donors (Lipinski definition) is 1. The Balaban J connectivity index is 2.06. The van der Waals surface area contributed by atoms with Crippen LogP contribution in [0.2, 0.25) is 5.02 Å². The van der Waals surface area contributed by atoms with Crippen LogP contribution in [-0.4, -0.2) is 15.5 Å². The number of nitrogens with zero attached hydrogens (tertiary/aromatic N) is 2. The number of nitrogens with one attached hydrogen (secondary N) is 1. The molecule has 0 spiro atoms. The third-order valence-electron chi connectivity index (χ3n) is 2.81. The molecule has 0 saturated carbocycles. The molecule has 1 aromatic heterocycles. The quantitative estimate of drug-likeness (QED) is 0.926. The number of carbonyl (C=O) groups excluding carboxylic acids is 1. The van der Waals surface area contributed by atoms with Crippen molar-refractivity contribution in [2.45, 2.75) is 20.4 Å². The monoisotopic (exact) mass is 263 g/mol. The molecule has 1 aromatic carbocycles. The van der Waals surface area contributed by atoms with Crippen molar-refractivity contribution in [2.24, 2.45) is 0 Å². The zero-order valence-electron chi connectivity index (χ0n) is 10.3. The Bertz CT molecular complexity index is 577. The molecule has 5 heteroatoms. The van der Waals surface area contributed by atoms with Gasteiger partial charge >= 0.3 is 0 Å². The first-order valence-corrected chi connectivity index (χ1v) is 5.98. The second-order valence-corrected chi connectivity index (χ2v) is 4.48. The summed E-state index contributed by atoms with van der Waals surface area (Å²) in [6.45, 7) is 4.08. The minimum Gasteiger partial charge on any atom is -0.325 e. The van der Waals surface area contributed by atoms with Crippen LogP contribution >= 0.6 is 11.6 Å². The van der Waals surface area contributed by atoms with Crippen molar-refractivity contribution in [3.63, 3.8) is 0 Å². The normalized spacial score (nSPS) is 10.4. The van der Waals surface area contributed by atoms with E-state index in [1.54, 1.807) is 18.5 Å². The first-order chi connectivity index (χ1) is 8.58. The molecule has 0 aliphatic carbocycles. The van der Waals surface area contributed by atoms with Gasteiger partial charge in [0.2, 0.25) is 5.91 Å². The molecule has 1 heterocycles. The van der Waals surface area contributed by atoms with Gasteiger partial charge in [0.25, 0.3) is 0 Å². The topological polar surface area (TPSA) is 46.9 Å². The molecule has 0 unspecified atom stereocenters. The molecule has 2 aromatic rings. The summed E-state index contributed by atoms with van der Waals surface area (Å²) in [5.41, 5.74) is 2.54. The van der Waals surface area contributed by atoms with Gasteiger partial charge in [-0.1, -0.05) is 23.7 Å². The minimum atomic E-state index is -0.122. The van der Waals surface area contributed by atoms with Gasteiger partial charge in [-0.3, -0.25) is 4.79 Å². The van der Waals surface area contributed by atoms with Gasteiger partial charge < -0.3 is 9.88 Å². The second kappa shape index (κ2) is 5.23. The van der Waals surface area contributed by atoms with Gasteiger partial charge in [-0.2, -0.15) is 0 Å². The van der Waals surface area contributed by atoms with Crippen LogP contribution in [0.4, 0.5) is 5.69 Å². The first kappa shape index (κ1) is 12.6. The third-order valence-corrected chi connectivity index (χ3v) is 3.14. The SMILES string of the molecule is Cc1ncn(CC(=O)Nc2ccccc2Cl)c1C. The van der Waals surface area contributed by atoms with Crippen molar-refractivity contribution >= 4 is 23.2 Å². The molecule has 0 aliphatic rings. The summed E-state index contributed by atoms with van der Waals surface area (Å²) < 4.78 is 1.81. The summed E-state index contributed by atoms with van der Waals surface area (Å²) >= 11 is 5.97. The zero-order chi connectivity index (χ0) is 13.1. The van der Waals surface area contributed by atoms with E-state index in [-0.39, 0.29) is 12.5 Å². The number of halogens is 1. The summed E-state index contributed by atoms with van der Waals surface area (Å²) in [4.78, 5) is 16.0. The molecule has 0 aliphatic heterocycles. The van der Waals surface area contributed by atoms with E-state index in [1.165, 1.54) is 0 Å². The molecule has 94 valence electrons. The van der Waals surface area contributed by atoms with E-state index in [9.17, 15) is 4.79 Å². The second-order valence-electron chi connectivity index (χ2n) is 4.07. The van der Waals surface area contributed by atoms with E-state index in [2.05, 4.69) is 10.3 Å². The number of para-hydroxylation sites is 1. The predicted molar refractivity (Wildman–Crippen MR) is 71.8 cm³/mol. The molecule has 0 bridgehead atoms. The number of benzene rings is 1. The van der Waals surface area contributed by atoms with E-state index >= 15 is 0 Å². The fourth-order valence-corrected chi connectivity index (χ4v) is 1.79. The van der Waals surface area contributed by atoms with Crippen molar-refractivity contribution in [1.29, 1.82) is 0 Å². The van der Waals surface area contributed by atoms with Gasteiger partial charge in [-0.05, 0) is 26.0 Å². The lowest BCUT2D eigenvalue weighted by Gasteiger charge is -2.08. The van der Waals surface area contributed by atoms with Crippen molar-refractivity contribution in [2.75, 3.05) is 5.32 Å². The van der Waals surface area contributed by atoms with Crippen molar-refractivity contribution in [1.82, 2.24) is 9.55 Å². The molecule has 4 nitrogen and oxygen atoms in total. The van der Waals surface area contributed by atoms with E-state index in [1.807, 2.05) is 30.5 Å². The van der Waals surface area contributed by atoms with Crippen molar-refractivity contribution in [3.8, 4) is 0 Å². The summed E-state index contributed by atoms with van der Waals surface area (Å²) in [5, 5.41) is 3.31. The van der Waals surface area contributed by atoms with Crippen molar-refractivity contribution < 1.29 is 4.79 Å². The lowest BCUT2D eigenvalue weighted by molar-refractivity contribution is -0.116. The van der Waals surface area contributed by atoms with E-state index in [0.29, 0.717) is 10.7 Å². The van der Waals surface area contributed by atoms with Gasteiger partial charge in [0.15, 0.2) is 0 Å². The van der Waals surface area contributed by atoms with Crippen LogP contribution in [0.25, 0.3) is 0 Å². The van der Waals surface area contributed by atoms with Crippen LogP contribution in [0.1, 0.15) is 11.4 Å². The molecule has 18 heavy (non-hydrogen) atoms. The number of aromatic nitrogens is 2. The van der Waals surface area contributed by atoms with Gasteiger partial charge in [0, 0.05) is 5.69 Å². The number of amides is 1. The maximum Gasteiger partial charge on any atom is 0.244 e. The van der Waals surface area contributed by atoms with E-state index in [4.69, 9.17) is 11.6 Å². The van der Waals surface area contributed by atoms with Gasteiger partial charge in [-0.25, -0.2) is 4.98 Å². The Kier molecular flexibility index (Phi) is 3.67. The third kappa shape index (κ3) is 2.71. The van der Waals surface area contributed by atoms with Gasteiger partial charge in [-0.15, -0.1) is 0 Å². The molecule has 1 N–H and O–H groups in total. The predicted octanol–water partition coefficient (Wildman–Crippen LogP) is 2.79. The number of carbonyl (C=O) groups is 1. The molecule has 0 atom stereocenters. The highest BCUT2D eigenvalue weighted by molar-refractivity contribution is 6.33. The van der Waals surface area contributed by atoms with Crippen LogP contribution in [-0.2, 0) is 11.3 Å². The summed E-state index contributed by atoms with van der Waals surface area (Å²) in [6, 6.07) is 7.16. The van der Waals surface area contributed by atoms with E-state index in [0.717, 1.165) is 11.4 Å². The molecular formula is C13H14ClN3O. The fraction of sp³-hybridized carbons (Fsp3) is 0.231. The fourth-order valence-electron chi connectivity index (χ4n) is 1.61. The van der Waals surface area contributed by atoms with Crippen LogP contribution in [0.3, 0.4) is 0 Å². The number of hydrogen-bond acceptors (Lipinski definition) is 2. The molecule has 0 radical (unpaired) electrons. The lowest BCUT2D eigenvalue weighted by atomic mass is 10.3. The summed E-state index contributed by atoms with van der Waals surface area (Å²) in [6.07, 6.45) is 1.66. The smallest absolute Gasteiger partial charge is 0.244 e. The number of rotatable bonds is 3. The average Bonchev–Trinajstić information content (AvgIpc) is 2.64. The minimum absolute atomic E-state index is 0.122. The molecule has 0 fully saturated rings. The highest BCUT2D eigenvalue weighted by Crippen LogP contribution is 2.20. The van der Waals surface area contributed by atoms with E-state index < -0.39 is 0 Å². The largest absolute Gasteiger partial charge is 0.325 e. The van der Waals surface area contributed by atoms with Crippen LogP contribution in [0.15, 0.2) is 30.6 Å². The standard InChI is InChI=1S/C13H14ClN3O/c1-9-10(2)17(8-15-9)7-13(18)16-12-6-4-3-5-11(12)14/h3-6,8H,7H2,1-2H3,(H,16,18). The summed E-state index contributed by atoms with van der Waals surface area (Å²) in [7, 11) is 0. The summed E-state index contributed by atoms with van der Waals surface area (Å²) in [5.74, 6) is -0.122. The highest BCUT2D eigenvalue weighted by atomic mass is 35.5. The Hall–Kier alpha value is -1.81. The molecule has 0 saturated heterocycles. The van der Waals surface area contributed by atoms with Crippen LogP contribution in [0, 0.1) is 13.8 Å². The maximum absolute atomic E-state index is 11.9. The first-order valence-electron chi connectivity index (χ1n) is 5.60. The number of aryl methyl sites for hydroxylation is 1. The molecular weight excluding hydrogens is 250 g/mol. The molecule has 1 amide bonds. The molecule has 2 rings (SSSR count). The Morgan fingerprint density at radius 3 is 2.72 bits per heavy atom. The van der Waals surface area contributed by atoms with Crippen LogP contribution in [0.5, 0.6) is 0 Å². The van der Waals surface area contributed by atoms with Crippen molar-refractivity contribution in [3.05, 3.63) is 47.0 Å². The average molecular weight is 264 g/mol. The van der Waals surface area contributed by atoms with Gasteiger partial charge in [0.1, 0.15) is 6.54 Å². The van der Waals surface area contributed by atoms with Gasteiger partial charge in [0.05, 0.1) is 22.7 Å². The lowest BCUT2D eigenvalue weighted by Crippen LogP contribution is -2.19. The number of imidazole rings is 1. The maximum atomic E-state index is 11.9. The Morgan fingerprint density at radius 2 is 2.11 bits per heavy atom. The Labute approximate surface area is 111 Å². The van der Waals surface area contributed by atoms with Crippen LogP contribution < -0.4 is 5.32 Å². The Morgan fingerprint density at radius 1 is 1.39 bits per heavy atom. The zero-order valence-corrected chi connectivity index (χ0v) is 11.0. The highest BCUT2D eigenvalue weighted by Gasteiger charge is 2.08.